The quantitative estimate of drug-likeness (QED) is 0.331. The van der Waals surface area contributed by atoms with Crippen LogP contribution in [0.15, 0.2) is 10.4 Å². The van der Waals surface area contributed by atoms with Gasteiger partial charge in [0.1, 0.15) is 0 Å². The van der Waals surface area contributed by atoms with Crippen LogP contribution >= 0.6 is 35.3 Å². The first kappa shape index (κ1) is 24.0. The number of methoxy groups -OCH3 is 1. The second-order valence-electron chi connectivity index (χ2n) is 7.20. The lowest BCUT2D eigenvalue weighted by Gasteiger charge is -2.32. The monoisotopic (exact) mass is 536 g/mol. The number of hydrogen-bond donors (Lipinski definition) is 2. The van der Waals surface area contributed by atoms with Gasteiger partial charge in [0.2, 0.25) is 0 Å². The van der Waals surface area contributed by atoms with E-state index < -0.39 is 0 Å². The van der Waals surface area contributed by atoms with E-state index in [0.29, 0.717) is 25.7 Å². The number of ether oxygens (including phenoxy) is 1. The van der Waals surface area contributed by atoms with Crippen molar-refractivity contribution in [3.05, 3.63) is 11.1 Å². The van der Waals surface area contributed by atoms with Gasteiger partial charge in [-0.05, 0) is 32.6 Å². The summed E-state index contributed by atoms with van der Waals surface area (Å²) in [6.45, 7) is 7.29. The standard InChI is InChI=1S/C19H32N6O2S.HI/c1-3-20-17(22-15-7-12-25(13-8-15)19(26)27-2)21-9-6-16-14-28-18(23-16)24-10-4-5-11-24;/h14-15H,3-13H2,1-2H3,(H2,20,21,22);1H. The van der Waals surface area contributed by atoms with Gasteiger partial charge in [-0.3, -0.25) is 4.99 Å². The Balaban J connectivity index is 0.00000300. The number of nitrogens with zero attached hydrogens (tertiary/aromatic N) is 4. The molecule has 0 aliphatic carbocycles. The van der Waals surface area contributed by atoms with E-state index in [1.54, 1.807) is 16.2 Å². The van der Waals surface area contributed by atoms with Gasteiger partial charge in [0.05, 0.1) is 12.8 Å². The lowest BCUT2D eigenvalue weighted by atomic mass is 10.1. The number of halogens is 1. The molecule has 2 fully saturated rings. The first-order valence-corrected chi connectivity index (χ1v) is 11.1. The molecule has 164 valence electrons. The van der Waals surface area contributed by atoms with Crippen LogP contribution in [-0.4, -0.2) is 74.4 Å². The lowest BCUT2D eigenvalue weighted by Crippen LogP contribution is -2.49. The highest BCUT2D eigenvalue weighted by Crippen LogP contribution is 2.24. The van der Waals surface area contributed by atoms with Gasteiger partial charge in [-0.2, -0.15) is 0 Å². The number of anilines is 1. The third kappa shape index (κ3) is 7.16. The van der Waals surface area contributed by atoms with Gasteiger partial charge in [0, 0.05) is 57.1 Å². The fourth-order valence-corrected chi connectivity index (χ4v) is 4.51. The van der Waals surface area contributed by atoms with Gasteiger partial charge in [-0.1, -0.05) is 0 Å². The van der Waals surface area contributed by atoms with E-state index >= 15 is 0 Å². The Hall–Kier alpha value is -1.30. The molecule has 1 amide bonds. The summed E-state index contributed by atoms with van der Waals surface area (Å²) in [6.07, 6.45) is 4.94. The summed E-state index contributed by atoms with van der Waals surface area (Å²) in [4.78, 5) is 25.2. The Morgan fingerprint density at radius 2 is 2.03 bits per heavy atom. The SMILES string of the molecule is CCNC(=NCCc1csc(N2CCCC2)n1)NC1CCN(C(=O)OC)CC1.I. The zero-order chi connectivity index (χ0) is 19.8. The van der Waals surface area contributed by atoms with Gasteiger partial charge in [0.25, 0.3) is 0 Å². The molecule has 1 aromatic rings. The highest BCUT2D eigenvalue weighted by Gasteiger charge is 2.23. The maximum Gasteiger partial charge on any atom is 0.409 e. The number of nitrogens with one attached hydrogen (secondary N) is 2. The molecule has 0 unspecified atom stereocenters. The molecular formula is C19H33IN6O2S. The average Bonchev–Trinajstić information content (AvgIpc) is 3.40. The lowest BCUT2D eigenvalue weighted by molar-refractivity contribution is 0.111. The Bertz CT molecular complexity index is 657. The summed E-state index contributed by atoms with van der Waals surface area (Å²) in [7, 11) is 1.43. The van der Waals surface area contributed by atoms with Crippen LogP contribution in [0.4, 0.5) is 9.93 Å². The first-order valence-electron chi connectivity index (χ1n) is 10.3. The van der Waals surface area contributed by atoms with Crippen molar-refractivity contribution in [2.45, 2.75) is 45.1 Å². The van der Waals surface area contributed by atoms with Gasteiger partial charge in [-0.15, -0.1) is 35.3 Å². The number of carbonyl (C=O) groups is 1. The molecule has 10 heteroatoms. The topological polar surface area (TPSA) is 82.1 Å². The molecule has 3 heterocycles. The van der Waals surface area contributed by atoms with Crippen molar-refractivity contribution in [1.29, 1.82) is 0 Å². The number of carbonyl (C=O) groups excluding carboxylic acids is 1. The summed E-state index contributed by atoms with van der Waals surface area (Å²) >= 11 is 1.74. The Kier molecular flexibility index (Phi) is 10.3. The number of likely N-dealkylation sites (tertiary alicyclic amines) is 1. The van der Waals surface area contributed by atoms with Crippen LogP contribution in [0.25, 0.3) is 0 Å². The second kappa shape index (κ2) is 12.4. The fraction of sp³-hybridized carbons (Fsp3) is 0.737. The Morgan fingerprint density at radius 1 is 1.31 bits per heavy atom. The van der Waals surface area contributed by atoms with Crippen molar-refractivity contribution >= 4 is 52.5 Å². The van der Waals surface area contributed by atoms with Gasteiger partial charge >= 0.3 is 6.09 Å². The molecular weight excluding hydrogens is 503 g/mol. The summed E-state index contributed by atoms with van der Waals surface area (Å²) in [5.41, 5.74) is 1.12. The van der Waals surface area contributed by atoms with Crippen LogP contribution in [0.3, 0.4) is 0 Å². The number of aromatic nitrogens is 1. The van der Waals surface area contributed by atoms with Crippen LogP contribution in [0.1, 0.15) is 38.3 Å². The molecule has 2 saturated heterocycles. The minimum absolute atomic E-state index is 0. The van der Waals surface area contributed by atoms with Crippen LogP contribution in [0.2, 0.25) is 0 Å². The molecule has 29 heavy (non-hydrogen) atoms. The largest absolute Gasteiger partial charge is 0.453 e. The molecule has 0 spiro atoms. The summed E-state index contributed by atoms with van der Waals surface area (Å²) in [6, 6.07) is 0.319. The fourth-order valence-electron chi connectivity index (χ4n) is 3.60. The van der Waals surface area contributed by atoms with E-state index in [4.69, 9.17) is 14.7 Å². The zero-order valence-corrected chi connectivity index (χ0v) is 20.5. The minimum atomic E-state index is -0.240. The van der Waals surface area contributed by atoms with Crippen molar-refractivity contribution < 1.29 is 9.53 Å². The van der Waals surface area contributed by atoms with Gasteiger partial charge in [-0.25, -0.2) is 9.78 Å². The number of guanidine groups is 1. The predicted octanol–water partition coefficient (Wildman–Crippen LogP) is 2.69. The van der Waals surface area contributed by atoms with E-state index in [9.17, 15) is 4.79 Å². The molecule has 2 aliphatic rings. The molecule has 0 radical (unpaired) electrons. The van der Waals surface area contributed by atoms with Crippen molar-refractivity contribution in [2.24, 2.45) is 4.99 Å². The smallest absolute Gasteiger partial charge is 0.409 e. The first-order chi connectivity index (χ1) is 13.7. The number of rotatable bonds is 6. The van der Waals surface area contributed by atoms with Crippen LogP contribution in [0, 0.1) is 0 Å². The van der Waals surface area contributed by atoms with Crippen LogP contribution in [-0.2, 0) is 11.2 Å². The van der Waals surface area contributed by atoms with E-state index in [1.165, 1.54) is 20.0 Å². The molecule has 2 aliphatic heterocycles. The van der Waals surface area contributed by atoms with E-state index in [-0.39, 0.29) is 30.1 Å². The average molecular weight is 536 g/mol. The molecule has 0 saturated carbocycles. The van der Waals surface area contributed by atoms with Crippen molar-refractivity contribution in [3.63, 3.8) is 0 Å². The summed E-state index contributed by atoms with van der Waals surface area (Å²) in [5.74, 6) is 0.842. The maximum atomic E-state index is 11.6. The van der Waals surface area contributed by atoms with Gasteiger partial charge in [0.15, 0.2) is 11.1 Å². The third-order valence-electron chi connectivity index (χ3n) is 5.17. The molecule has 1 aromatic heterocycles. The molecule has 3 rings (SSSR count). The van der Waals surface area contributed by atoms with E-state index in [2.05, 4.69) is 27.8 Å². The van der Waals surface area contributed by atoms with E-state index in [0.717, 1.165) is 55.7 Å². The summed E-state index contributed by atoms with van der Waals surface area (Å²) < 4.78 is 4.80. The zero-order valence-electron chi connectivity index (χ0n) is 17.4. The third-order valence-corrected chi connectivity index (χ3v) is 6.12. The second-order valence-corrected chi connectivity index (χ2v) is 8.04. The van der Waals surface area contributed by atoms with Crippen LogP contribution in [0.5, 0.6) is 0 Å². The molecule has 0 bridgehead atoms. The molecule has 0 atom stereocenters. The maximum absolute atomic E-state index is 11.6. The van der Waals surface area contributed by atoms with Gasteiger partial charge < -0.3 is 25.2 Å². The summed E-state index contributed by atoms with van der Waals surface area (Å²) in [5, 5.41) is 10.1. The molecule has 2 N–H and O–H groups in total. The minimum Gasteiger partial charge on any atom is -0.453 e. The molecule has 0 aromatic carbocycles. The highest BCUT2D eigenvalue weighted by atomic mass is 127. The number of thiazole rings is 1. The number of hydrogen-bond acceptors (Lipinski definition) is 6. The number of piperidine rings is 1. The normalized spacial score (nSPS) is 17.8. The Labute approximate surface area is 194 Å². The van der Waals surface area contributed by atoms with Crippen molar-refractivity contribution in [1.82, 2.24) is 20.5 Å². The van der Waals surface area contributed by atoms with Crippen molar-refractivity contribution in [2.75, 3.05) is 51.3 Å². The number of aliphatic imine (C=N–C) groups is 1. The number of amides is 1. The van der Waals surface area contributed by atoms with Crippen LogP contribution < -0.4 is 15.5 Å². The Morgan fingerprint density at radius 3 is 2.69 bits per heavy atom. The highest BCUT2D eigenvalue weighted by molar-refractivity contribution is 14.0. The van der Waals surface area contributed by atoms with Crippen molar-refractivity contribution in [3.8, 4) is 0 Å². The predicted molar refractivity (Wildman–Crippen MR) is 129 cm³/mol. The van der Waals surface area contributed by atoms with E-state index in [1.807, 2.05) is 0 Å². The molecule has 8 nitrogen and oxygen atoms in total.